The number of carbonyl (C=O) groups excluding carboxylic acids is 1. The molecule has 0 bridgehead atoms. The van der Waals surface area contributed by atoms with E-state index in [9.17, 15) is 13.2 Å². The first-order valence-electron chi connectivity index (χ1n) is 11.0. The second-order valence-electron chi connectivity index (χ2n) is 8.25. The van der Waals surface area contributed by atoms with Crippen LogP contribution in [0.4, 0.5) is 17.2 Å². The van der Waals surface area contributed by atoms with E-state index in [4.69, 9.17) is 11.6 Å². The van der Waals surface area contributed by atoms with Crippen LogP contribution in [0.25, 0.3) is 10.9 Å². The SMILES string of the molecule is CC(=O)Nc1ccc(S(=O)(=O)N2CCc3c(ccnc3Nc3cnc4ccccc4c3)C2)cc1Cl. The zero-order valence-electron chi connectivity index (χ0n) is 18.8. The number of anilines is 3. The average Bonchev–Trinajstić information content (AvgIpc) is 2.85. The number of halogens is 1. The van der Waals surface area contributed by atoms with Gasteiger partial charge in [0.1, 0.15) is 5.82 Å². The largest absolute Gasteiger partial charge is 0.339 e. The van der Waals surface area contributed by atoms with Crippen molar-refractivity contribution < 1.29 is 13.2 Å². The molecule has 1 amide bonds. The monoisotopic (exact) mass is 507 g/mol. The Morgan fingerprint density at radius 3 is 2.71 bits per heavy atom. The Labute approximate surface area is 208 Å². The summed E-state index contributed by atoms with van der Waals surface area (Å²) in [6.45, 7) is 1.88. The summed E-state index contributed by atoms with van der Waals surface area (Å²) in [5.74, 6) is 0.409. The highest BCUT2D eigenvalue weighted by atomic mass is 35.5. The molecule has 2 aromatic carbocycles. The maximum absolute atomic E-state index is 13.3. The zero-order valence-corrected chi connectivity index (χ0v) is 20.4. The topological polar surface area (TPSA) is 104 Å². The van der Waals surface area contributed by atoms with Gasteiger partial charge in [0.05, 0.1) is 33.0 Å². The second-order valence-corrected chi connectivity index (χ2v) is 10.6. The van der Waals surface area contributed by atoms with Crippen molar-refractivity contribution in [1.82, 2.24) is 14.3 Å². The molecule has 0 saturated carbocycles. The Morgan fingerprint density at radius 1 is 1.09 bits per heavy atom. The van der Waals surface area contributed by atoms with Gasteiger partial charge in [0.25, 0.3) is 0 Å². The first-order valence-corrected chi connectivity index (χ1v) is 12.8. The van der Waals surface area contributed by atoms with Crippen LogP contribution in [0.15, 0.2) is 71.9 Å². The number of nitrogens with zero attached hydrogens (tertiary/aromatic N) is 3. The molecule has 2 N–H and O–H groups in total. The number of benzene rings is 2. The molecular formula is C25H22ClN5O3S. The van der Waals surface area contributed by atoms with Crippen LogP contribution in [0, 0.1) is 0 Å². The maximum atomic E-state index is 13.3. The third-order valence-corrected chi connectivity index (χ3v) is 8.01. The molecule has 0 aliphatic carbocycles. The smallest absolute Gasteiger partial charge is 0.243 e. The summed E-state index contributed by atoms with van der Waals surface area (Å²) in [7, 11) is -3.78. The Hall–Kier alpha value is -3.53. The van der Waals surface area contributed by atoms with Crippen LogP contribution >= 0.6 is 11.6 Å². The van der Waals surface area contributed by atoms with Crippen LogP contribution in [-0.4, -0.2) is 35.1 Å². The number of hydrogen-bond donors (Lipinski definition) is 2. The number of nitrogens with one attached hydrogen (secondary N) is 2. The molecule has 178 valence electrons. The molecule has 2 aromatic heterocycles. The minimum atomic E-state index is -3.78. The molecule has 4 aromatic rings. The summed E-state index contributed by atoms with van der Waals surface area (Å²) in [6.07, 6.45) is 3.94. The Kier molecular flexibility index (Phi) is 6.14. The van der Waals surface area contributed by atoms with Gasteiger partial charge >= 0.3 is 0 Å². The van der Waals surface area contributed by atoms with E-state index < -0.39 is 10.0 Å². The van der Waals surface area contributed by atoms with Crippen molar-refractivity contribution in [2.75, 3.05) is 17.2 Å². The third-order valence-electron chi connectivity index (χ3n) is 5.85. The van der Waals surface area contributed by atoms with Crippen molar-refractivity contribution in [2.45, 2.75) is 24.8 Å². The van der Waals surface area contributed by atoms with E-state index >= 15 is 0 Å². The number of rotatable bonds is 5. The highest BCUT2D eigenvalue weighted by molar-refractivity contribution is 7.89. The second kappa shape index (κ2) is 9.26. The normalized spacial score (nSPS) is 13.9. The Balaban J connectivity index is 1.38. The van der Waals surface area contributed by atoms with Gasteiger partial charge < -0.3 is 10.6 Å². The molecule has 3 heterocycles. The predicted octanol–water partition coefficient (Wildman–Crippen LogP) is 4.73. The molecule has 0 fully saturated rings. The minimum absolute atomic E-state index is 0.0784. The maximum Gasteiger partial charge on any atom is 0.243 e. The molecule has 10 heteroatoms. The van der Waals surface area contributed by atoms with Crippen LogP contribution in [0.3, 0.4) is 0 Å². The van der Waals surface area contributed by atoms with Gasteiger partial charge in [-0.3, -0.25) is 9.78 Å². The molecule has 0 atom stereocenters. The van der Waals surface area contributed by atoms with E-state index in [1.54, 1.807) is 12.4 Å². The van der Waals surface area contributed by atoms with Gasteiger partial charge in [-0.2, -0.15) is 4.31 Å². The molecular weight excluding hydrogens is 486 g/mol. The number of sulfonamides is 1. The molecule has 0 saturated heterocycles. The van der Waals surface area contributed by atoms with Crippen LogP contribution < -0.4 is 10.6 Å². The van der Waals surface area contributed by atoms with Crippen LogP contribution in [-0.2, 0) is 27.8 Å². The quantitative estimate of drug-likeness (QED) is 0.404. The average molecular weight is 508 g/mol. The Bertz CT molecular complexity index is 1560. The lowest BCUT2D eigenvalue weighted by Crippen LogP contribution is -2.36. The predicted molar refractivity (Wildman–Crippen MR) is 136 cm³/mol. The fourth-order valence-electron chi connectivity index (χ4n) is 4.15. The van der Waals surface area contributed by atoms with Crippen molar-refractivity contribution in [3.05, 3.63) is 83.1 Å². The molecule has 35 heavy (non-hydrogen) atoms. The summed E-state index contributed by atoms with van der Waals surface area (Å²) in [4.78, 5) is 20.4. The number of aromatic nitrogens is 2. The summed E-state index contributed by atoms with van der Waals surface area (Å²) in [5, 5.41) is 7.11. The number of para-hydroxylation sites is 1. The van der Waals surface area contributed by atoms with E-state index in [1.807, 2.05) is 36.4 Å². The number of pyridine rings is 2. The third kappa shape index (κ3) is 4.70. The van der Waals surface area contributed by atoms with E-state index in [0.717, 1.165) is 27.7 Å². The Morgan fingerprint density at radius 2 is 1.91 bits per heavy atom. The number of fused-ring (bicyclic) bond motifs is 2. The van der Waals surface area contributed by atoms with Gasteiger partial charge in [0, 0.05) is 37.2 Å². The molecule has 0 spiro atoms. The van der Waals surface area contributed by atoms with Crippen LogP contribution in [0.5, 0.6) is 0 Å². The minimum Gasteiger partial charge on any atom is -0.339 e. The summed E-state index contributed by atoms with van der Waals surface area (Å²) in [5.41, 5.74) is 3.95. The van der Waals surface area contributed by atoms with Crippen molar-refractivity contribution in [3.8, 4) is 0 Å². The molecule has 0 unspecified atom stereocenters. The van der Waals surface area contributed by atoms with E-state index in [2.05, 4.69) is 20.6 Å². The van der Waals surface area contributed by atoms with Gasteiger partial charge in [0.2, 0.25) is 15.9 Å². The van der Waals surface area contributed by atoms with Crippen LogP contribution in [0.1, 0.15) is 18.1 Å². The van der Waals surface area contributed by atoms with Crippen molar-refractivity contribution in [1.29, 1.82) is 0 Å². The van der Waals surface area contributed by atoms with Gasteiger partial charge in [-0.15, -0.1) is 0 Å². The number of amides is 1. The van der Waals surface area contributed by atoms with Crippen molar-refractivity contribution in [3.63, 3.8) is 0 Å². The van der Waals surface area contributed by atoms with E-state index in [1.165, 1.54) is 29.4 Å². The van der Waals surface area contributed by atoms with E-state index in [-0.39, 0.29) is 22.4 Å². The first-order chi connectivity index (χ1) is 16.8. The molecule has 1 aliphatic heterocycles. The molecule has 5 rings (SSSR count). The highest BCUT2D eigenvalue weighted by Crippen LogP contribution is 2.32. The van der Waals surface area contributed by atoms with Crippen LogP contribution in [0.2, 0.25) is 5.02 Å². The lowest BCUT2D eigenvalue weighted by molar-refractivity contribution is -0.114. The zero-order chi connectivity index (χ0) is 24.6. The molecule has 0 radical (unpaired) electrons. The fourth-order valence-corrected chi connectivity index (χ4v) is 5.89. The van der Waals surface area contributed by atoms with E-state index in [0.29, 0.717) is 24.5 Å². The van der Waals surface area contributed by atoms with Gasteiger partial charge in [-0.25, -0.2) is 13.4 Å². The fraction of sp³-hybridized carbons (Fsp3) is 0.160. The molecule has 8 nitrogen and oxygen atoms in total. The number of carbonyl (C=O) groups is 1. The lowest BCUT2D eigenvalue weighted by Gasteiger charge is -2.29. The van der Waals surface area contributed by atoms with Gasteiger partial charge in [-0.1, -0.05) is 29.8 Å². The number of hydrogen-bond acceptors (Lipinski definition) is 6. The summed E-state index contributed by atoms with van der Waals surface area (Å²) >= 11 is 6.21. The van der Waals surface area contributed by atoms with Crippen molar-refractivity contribution in [2.24, 2.45) is 0 Å². The van der Waals surface area contributed by atoms with Gasteiger partial charge in [0.15, 0.2) is 0 Å². The van der Waals surface area contributed by atoms with Gasteiger partial charge in [-0.05, 0) is 48.4 Å². The van der Waals surface area contributed by atoms with Crippen molar-refractivity contribution >= 4 is 55.6 Å². The molecule has 1 aliphatic rings. The lowest BCUT2D eigenvalue weighted by atomic mass is 10.0. The standard InChI is InChI=1S/C25H22ClN5O3S/c1-16(32)29-24-7-6-20(13-22(24)26)35(33,34)31-11-9-21-18(15-31)8-10-27-25(21)30-19-12-17-4-2-3-5-23(17)28-14-19/h2-8,10,12-14H,9,11,15H2,1H3,(H,27,30)(H,29,32). The first kappa shape index (κ1) is 23.2. The summed E-state index contributed by atoms with van der Waals surface area (Å²) in [6, 6.07) is 16.0. The summed E-state index contributed by atoms with van der Waals surface area (Å²) < 4.78 is 28.1. The highest BCUT2D eigenvalue weighted by Gasteiger charge is 2.30.